The van der Waals surface area contributed by atoms with Gasteiger partial charge in [-0.15, -0.1) is 0 Å². The number of esters is 1. The number of hydrogen-bond acceptors (Lipinski definition) is 4. The maximum absolute atomic E-state index is 11.5. The van der Waals surface area contributed by atoms with Crippen molar-refractivity contribution in [3.8, 4) is 11.1 Å². The van der Waals surface area contributed by atoms with Gasteiger partial charge in [0, 0.05) is 28.5 Å². The van der Waals surface area contributed by atoms with Crippen molar-refractivity contribution in [1.82, 2.24) is 4.98 Å². The van der Waals surface area contributed by atoms with Gasteiger partial charge in [0.1, 0.15) is 0 Å². The van der Waals surface area contributed by atoms with Crippen LogP contribution < -0.4 is 0 Å². The molecule has 0 radical (unpaired) electrons. The van der Waals surface area contributed by atoms with Crippen molar-refractivity contribution in [2.24, 2.45) is 0 Å². The van der Waals surface area contributed by atoms with E-state index < -0.39 is 11.9 Å². The van der Waals surface area contributed by atoms with Crippen LogP contribution in [0.15, 0.2) is 36.7 Å². The van der Waals surface area contributed by atoms with Crippen molar-refractivity contribution < 1.29 is 19.4 Å². The summed E-state index contributed by atoms with van der Waals surface area (Å²) in [5.41, 5.74) is 1.40. The Morgan fingerprint density at radius 3 is 2.60 bits per heavy atom. The summed E-state index contributed by atoms with van der Waals surface area (Å²) in [6.07, 6.45) is 2.72. The lowest BCUT2D eigenvalue weighted by Gasteiger charge is -2.07. The van der Waals surface area contributed by atoms with Crippen LogP contribution in [0.25, 0.3) is 11.1 Å². The van der Waals surface area contributed by atoms with Gasteiger partial charge in [0.15, 0.2) is 0 Å². The molecule has 0 saturated carbocycles. The van der Waals surface area contributed by atoms with Crippen molar-refractivity contribution in [3.63, 3.8) is 0 Å². The predicted molar refractivity (Wildman–Crippen MR) is 73.0 cm³/mol. The molecule has 0 bridgehead atoms. The average Bonchev–Trinajstić information content (AvgIpc) is 2.47. The lowest BCUT2D eigenvalue weighted by atomic mass is 10.0. The maximum atomic E-state index is 11.5. The zero-order chi connectivity index (χ0) is 14.7. The van der Waals surface area contributed by atoms with E-state index in [0.29, 0.717) is 21.7 Å². The Kier molecular flexibility index (Phi) is 4.00. The summed E-state index contributed by atoms with van der Waals surface area (Å²) in [6.45, 7) is 0. The highest BCUT2D eigenvalue weighted by Crippen LogP contribution is 2.29. The number of nitrogens with zero attached hydrogens (tertiary/aromatic N) is 1. The van der Waals surface area contributed by atoms with Gasteiger partial charge < -0.3 is 9.84 Å². The van der Waals surface area contributed by atoms with Crippen molar-refractivity contribution in [1.29, 1.82) is 0 Å². The van der Waals surface area contributed by atoms with Crippen LogP contribution in [0.3, 0.4) is 0 Å². The molecule has 1 aromatic carbocycles. The van der Waals surface area contributed by atoms with E-state index in [4.69, 9.17) is 16.7 Å². The van der Waals surface area contributed by atoms with Crippen LogP contribution in [-0.2, 0) is 4.74 Å². The average molecular weight is 292 g/mol. The van der Waals surface area contributed by atoms with Crippen molar-refractivity contribution in [2.45, 2.75) is 0 Å². The van der Waals surface area contributed by atoms with E-state index in [1.807, 2.05) is 0 Å². The van der Waals surface area contributed by atoms with E-state index in [1.165, 1.54) is 37.7 Å². The number of methoxy groups -OCH3 is 1. The van der Waals surface area contributed by atoms with Crippen LogP contribution in [0, 0.1) is 0 Å². The Bertz CT molecular complexity index is 685. The molecular weight excluding hydrogens is 282 g/mol. The Morgan fingerprint density at radius 1 is 1.20 bits per heavy atom. The molecule has 0 spiro atoms. The lowest BCUT2D eigenvalue weighted by Crippen LogP contribution is -2.02. The molecule has 1 aromatic heterocycles. The van der Waals surface area contributed by atoms with Crippen LogP contribution in [-0.4, -0.2) is 29.1 Å². The van der Waals surface area contributed by atoms with Gasteiger partial charge in [0.2, 0.25) is 0 Å². The molecule has 6 heteroatoms. The highest BCUT2D eigenvalue weighted by Gasteiger charge is 2.12. The number of aromatic carboxylic acids is 1. The Labute approximate surface area is 119 Å². The molecular formula is C14H10ClNO4. The van der Waals surface area contributed by atoms with E-state index in [-0.39, 0.29) is 5.56 Å². The number of hydrogen-bond donors (Lipinski definition) is 1. The number of carboxylic acids is 1. The highest BCUT2D eigenvalue weighted by atomic mass is 35.5. The molecule has 0 unspecified atom stereocenters. The van der Waals surface area contributed by atoms with E-state index >= 15 is 0 Å². The van der Waals surface area contributed by atoms with Crippen molar-refractivity contribution >= 4 is 23.5 Å². The van der Waals surface area contributed by atoms with Crippen LogP contribution >= 0.6 is 11.6 Å². The number of aromatic nitrogens is 1. The first-order valence-electron chi connectivity index (χ1n) is 5.59. The highest BCUT2D eigenvalue weighted by molar-refractivity contribution is 6.33. The molecule has 1 N–H and O–H groups in total. The summed E-state index contributed by atoms with van der Waals surface area (Å²) in [5.74, 6) is -1.58. The van der Waals surface area contributed by atoms with Gasteiger partial charge in [-0.1, -0.05) is 11.6 Å². The second-order valence-electron chi connectivity index (χ2n) is 3.95. The third kappa shape index (κ3) is 2.78. The van der Waals surface area contributed by atoms with Gasteiger partial charge in [-0.3, -0.25) is 4.98 Å². The molecule has 0 saturated heterocycles. The van der Waals surface area contributed by atoms with Gasteiger partial charge in [0.25, 0.3) is 0 Å². The van der Waals surface area contributed by atoms with Crippen LogP contribution in [0.1, 0.15) is 20.7 Å². The number of rotatable bonds is 3. The number of carbonyl (C=O) groups excluding carboxylic acids is 1. The monoisotopic (exact) mass is 291 g/mol. The fraction of sp³-hybridized carbons (Fsp3) is 0.0714. The first-order chi connectivity index (χ1) is 9.52. The molecule has 0 aliphatic rings. The van der Waals surface area contributed by atoms with E-state index in [1.54, 1.807) is 6.07 Å². The fourth-order valence-corrected chi connectivity index (χ4v) is 1.92. The summed E-state index contributed by atoms with van der Waals surface area (Å²) in [4.78, 5) is 26.3. The van der Waals surface area contributed by atoms with Gasteiger partial charge in [-0.05, 0) is 24.3 Å². The third-order valence-corrected chi connectivity index (χ3v) is 3.01. The van der Waals surface area contributed by atoms with Gasteiger partial charge >= 0.3 is 11.9 Å². The Morgan fingerprint density at radius 2 is 1.95 bits per heavy atom. The second-order valence-corrected chi connectivity index (χ2v) is 4.36. The Balaban J connectivity index is 2.54. The van der Waals surface area contributed by atoms with Crippen molar-refractivity contribution in [2.75, 3.05) is 7.11 Å². The molecule has 2 rings (SSSR count). The molecule has 0 aliphatic heterocycles. The number of benzene rings is 1. The smallest absolute Gasteiger partial charge is 0.337 e. The van der Waals surface area contributed by atoms with Gasteiger partial charge in [-0.2, -0.15) is 0 Å². The molecule has 0 aliphatic carbocycles. The first-order valence-corrected chi connectivity index (χ1v) is 5.97. The molecule has 20 heavy (non-hydrogen) atoms. The summed E-state index contributed by atoms with van der Waals surface area (Å²) in [5, 5.41) is 9.35. The van der Waals surface area contributed by atoms with Crippen LogP contribution in [0.2, 0.25) is 5.02 Å². The molecule has 1 heterocycles. The predicted octanol–water partition coefficient (Wildman–Crippen LogP) is 2.89. The largest absolute Gasteiger partial charge is 0.478 e. The summed E-state index contributed by atoms with van der Waals surface area (Å²) < 4.78 is 4.64. The lowest BCUT2D eigenvalue weighted by molar-refractivity contribution is 0.0600. The quantitative estimate of drug-likeness (QED) is 0.880. The van der Waals surface area contributed by atoms with E-state index in [0.717, 1.165) is 0 Å². The maximum Gasteiger partial charge on any atom is 0.337 e. The van der Waals surface area contributed by atoms with Crippen molar-refractivity contribution in [3.05, 3.63) is 52.8 Å². The minimum atomic E-state index is -1.08. The van der Waals surface area contributed by atoms with Crippen LogP contribution in [0.4, 0.5) is 0 Å². The normalized spacial score (nSPS) is 10.1. The van der Waals surface area contributed by atoms with Crippen LogP contribution in [0.5, 0.6) is 0 Å². The fourth-order valence-electron chi connectivity index (χ4n) is 1.70. The number of ether oxygens (including phenoxy) is 1. The summed E-state index contributed by atoms with van der Waals surface area (Å²) >= 11 is 6.08. The topological polar surface area (TPSA) is 76.5 Å². The standard InChI is InChI=1S/C14H10ClNO4/c1-20-14(19)8-2-3-12(15)11(5-8)9-4-10(13(17)18)7-16-6-9/h2-7H,1H3,(H,17,18). The minimum Gasteiger partial charge on any atom is -0.478 e. The molecule has 0 amide bonds. The number of pyridine rings is 1. The van der Waals surface area contributed by atoms with E-state index in [9.17, 15) is 9.59 Å². The van der Waals surface area contributed by atoms with Gasteiger partial charge in [0.05, 0.1) is 18.2 Å². The molecule has 0 fully saturated rings. The molecule has 2 aromatic rings. The molecule has 5 nitrogen and oxygen atoms in total. The number of carboxylic acid groups (broad SMARTS) is 1. The first kappa shape index (κ1) is 14.0. The summed E-state index contributed by atoms with van der Waals surface area (Å²) in [7, 11) is 1.28. The SMILES string of the molecule is COC(=O)c1ccc(Cl)c(-c2cncc(C(=O)O)c2)c1. The second kappa shape index (κ2) is 5.71. The number of halogens is 1. The number of carbonyl (C=O) groups is 2. The zero-order valence-corrected chi connectivity index (χ0v) is 11.2. The third-order valence-electron chi connectivity index (χ3n) is 2.68. The molecule has 0 atom stereocenters. The molecule has 102 valence electrons. The summed E-state index contributed by atoms with van der Waals surface area (Å²) in [6, 6.07) is 6.07. The Hall–Kier alpha value is -2.40. The van der Waals surface area contributed by atoms with Gasteiger partial charge in [-0.25, -0.2) is 9.59 Å². The minimum absolute atomic E-state index is 0.0436. The van der Waals surface area contributed by atoms with E-state index in [2.05, 4.69) is 9.72 Å². The zero-order valence-electron chi connectivity index (χ0n) is 10.5.